The van der Waals surface area contributed by atoms with Gasteiger partial charge in [-0.1, -0.05) is 45.7 Å². The van der Waals surface area contributed by atoms with Gasteiger partial charge in [0, 0.05) is 16.1 Å². The van der Waals surface area contributed by atoms with Gasteiger partial charge < -0.3 is 5.32 Å². The number of anilines is 1. The van der Waals surface area contributed by atoms with Crippen LogP contribution in [0.2, 0.25) is 5.02 Å². The van der Waals surface area contributed by atoms with E-state index < -0.39 is 0 Å². The van der Waals surface area contributed by atoms with E-state index in [0.29, 0.717) is 16.3 Å². The van der Waals surface area contributed by atoms with Crippen LogP contribution in [0, 0.1) is 0 Å². The van der Waals surface area contributed by atoms with E-state index in [0.717, 1.165) is 15.4 Å². The third-order valence-electron chi connectivity index (χ3n) is 3.08. The molecule has 1 amide bonds. The van der Waals surface area contributed by atoms with E-state index >= 15 is 0 Å². The van der Waals surface area contributed by atoms with Crippen LogP contribution >= 0.6 is 27.5 Å². The fourth-order valence-corrected chi connectivity index (χ4v) is 2.75. The lowest BCUT2D eigenvalue weighted by Gasteiger charge is -2.10. The molecule has 1 aromatic heterocycles. The van der Waals surface area contributed by atoms with Gasteiger partial charge >= 0.3 is 0 Å². The Morgan fingerprint density at radius 3 is 2.71 bits per heavy atom. The maximum absolute atomic E-state index is 12.3. The second-order valence-electron chi connectivity index (χ2n) is 4.43. The molecule has 0 aliphatic rings. The van der Waals surface area contributed by atoms with Crippen molar-refractivity contribution in [3.05, 3.63) is 69.8 Å². The molecule has 0 saturated heterocycles. The van der Waals surface area contributed by atoms with E-state index in [4.69, 9.17) is 11.6 Å². The topological polar surface area (TPSA) is 42.0 Å². The second-order valence-corrected chi connectivity index (χ2v) is 5.69. The Bertz CT molecular complexity index is 835. The number of hydrogen-bond donors (Lipinski definition) is 1. The number of amides is 1. The Morgan fingerprint density at radius 1 is 1.10 bits per heavy atom. The number of hydrogen-bond acceptors (Lipinski definition) is 2. The summed E-state index contributed by atoms with van der Waals surface area (Å²) in [7, 11) is 0. The highest BCUT2D eigenvalue weighted by molar-refractivity contribution is 9.10. The summed E-state index contributed by atoms with van der Waals surface area (Å²) >= 11 is 9.52. The molecule has 0 atom stereocenters. The van der Waals surface area contributed by atoms with Gasteiger partial charge in [0.1, 0.15) is 0 Å². The van der Waals surface area contributed by atoms with Crippen molar-refractivity contribution in [3.8, 4) is 0 Å². The summed E-state index contributed by atoms with van der Waals surface area (Å²) in [6.45, 7) is 0. The predicted octanol–water partition coefficient (Wildman–Crippen LogP) is 4.90. The Balaban J connectivity index is 2.01. The van der Waals surface area contributed by atoms with E-state index in [1.807, 2.05) is 24.3 Å². The van der Waals surface area contributed by atoms with Crippen LogP contribution in [-0.4, -0.2) is 10.9 Å². The average molecular weight is 362 g/mol. The number of halogens is 2. The first-order valence-corrected chi connectivity index (χ1v) is 7.43. The van der Waals surface area contributed by atoms with Gasteiger partial charge in [-0.15, -0.1) is 0 Å². The summed E-state index contributed by atoms with van der Waals surface area (Å²) in [6.07, 6.45) is 1.69. The van der Waals surface area contributed by atoms with Gasteiger partial charge in [-0.3, -0.25) is 9.78 Å². The van der Waals surface area contributed by atoms with Gasteiger partial charge in [0.25, 0.3) is 5.91 Å². The minimum Gasteiger partial charge on any atom is -0.320 e. The van der Waals surface area contributed by atoms with Crippen molar-refractivity contribution in [2.45, 2.75) is 0 Å². The highest BCUT2D eigenvalue weighted by atomic mass is 79.9. The number of pyridine rings is 1. The molecule has 0 saturated carbocycles. The normalized spacial score (nSPS) is 10.6. The van der Waals surface area contributed by atoms with Crippen molar-refractivity contribution in [2.24, 2.45) is 0 Å². The molecule has 1 N–H and O–H groups in total. The zero-order valence-corrected chi connectivity index (χ0v) is 13.1. The predicted molar refractivity (Wildman–Crippen MR) is 88.8 cm³/mol. The number of rotatable bonds is 2. The van der Waals surface area contributed by atoms with E-state index in [9.17, 15) is 4.79 Å². The summed E-state index contributed by atoms with van der Waals surface area (Å²) in [5.74, 6) is -0.255. The van der Waals surface area contributed by atoms with Crippen LogP contribution in [0.3, 0.4) is 0 Å². The number of fused-ring (bicyclic) bond motifs is 1. The van der Waals surface area contributed by atoms with Gasteiger partial charge in [0.05, 0.1) is 21.8 Å². The molecule has 0 unspecified atom stereocenters. The Labute approximate surface area is 135 Å². The number of benzene rings is 2. The van der Waals surface area contributed by atoms with Gasteiger partial charge in [-0.05, 0) is 30.3 Å². The quantitative estimate of drug-likeness (QED) is 0.705. The molecule has 2 aromatic carbocycles. The van der Waals surface area contributed by atoms with Crippen LogP contribution in [0.1, 0.15) is 10.4 Å². The fraction of sp³-hybridized carbons (Fsp3) is 0. The first-order chi connectivity index (χ1) is 10.2. The van der Waals surface area contributed by atoms with Crippen molar-refractivity contribution in [1.82, 2.24) is 4.98 Å². The van der Waals surface area contributed by atoms with Crippen LogP contribution in [0.15, 0.2) is 59.2 Å². The van der Waals surface area contributed by atoms with E-state index in [1.54, 1.807) is 30.5 Å². The third-order valence-corrected chi connectivity index (χ3v) is 4.10. The Morgan fingerprint density at radius 2 is 1.90 bits per heavy atom. The van der Waals surface area contributed by atoms with Crippen LogP contribution in [0.25, 0.3) is 10.9 Å². The molecule has 0 fully saturated rings. The zero-order chi connectivity index (χ0) is 14.8. The maximum Gasteiger partial charge on any atom is 0.257 e. The molecule has 0 spiro atoms. The average Bonchev–Trinajstić information content (AvgIpc) is 2.51. The van der Waals surface area contributed by atoms with Gasteiger partial charge in [-0.2, -0.15) is 0 Å². The molecular formula is C16H10BrClN2O. The first kappa shape index (κ1) is 14.0. The lowest BCUT2D eigenvalue weighted by atomic mass is 10.1. The fourth-order valence-electron chi connectivity index (χ4n) is 2.07. The van der Waals surface area contributed by atoms with Crippen molar-refractivity contribution in [2.75, 3.05) is 5.32 Å². The summed E-state index contributed by atoms with van der Waals surface area (Å²) < 4.78 is 0.932. The largest absolute Gasteiger partial charge is 0.320 e. The number of nitrogens with one attached hydrogen (secondary N) is 1. The summed E-state index contributed by atoms with van der Waals surface area (Å²) in [6, 6.07) is 14.4. The Kier molecular flexibility index (Phi) is 3.90. The van der Waals surface area contributed by atoms with E-state index in [-0.39, 0.29) is 5.91 Å². The first-order valence-electron chi connectivity index (χ1n) is 6.26. The molecule has 0 bridgehead atoms. The number of nitrogens with zero attached hydrogens (tertiary/aromatic N) is 1. The molecule has 1 heterocycles. The second kappa shape index (κ2) is 5.84. The van der Waals surface area contributed by atoms with Crippen LogP contribution in [0.5, 0.6) is 0 Å². The summed E-state index contributed by atoms with van der Waals surface area (Å²) in [4.78, 5) is 16.7. The van der Waals surface area contributed by atoms with E-state index in [1.165, 1.54) is 0 Å². The third kappa shape index (κ3) is 2.77. The summed E-state index contributed by atoms with van der Waals surface area (Å²) in [5, 5.41) is 4.22. The molecule has 21 heavy (non-hydrogen) atoms. The maximum atomic E-state index is 12.3. The lowest BCUT2D eigenvalue weighted by Crippen LogP contribution is -2.12. The van der Waals surface area contributed by atoms with Crippen LogP contribution < -0.4 is 5.32 Å². The molecule has 5 heteroatoms. The van der Waals surface area contributed by atoms with Gasteiger partial charge in [0.15, 0.2) is 0 Å². The van der Waals surface area contributed by atoms with Crippen molar-refractivity contribution < 1.29 is 4.79 Å². The highest BCUT2D eigenvalue weighted by Crippen LogP contribution is 2.29. The van der Waals surface area contributed by atoms with Crippen molar-refractivity contribution in [1.29, 1.82) is 0 Å². The van der Waals surface area contributed by atoms with E-state index in [2.05, 4.69) is 26.2 Å². The van der Waals surface area contributed by atoms with Gasteiger partial charge in [0.2, 0.25) is 0 Å². The van der Waals surface area contributed by atoms with Crippen LogP contribution in [0.4, 0.5) is 5.69 Å². The zero-order valence-electron chi connectivity index (χ0n) is 10.8. The monoisotopic (exact) mass is 360 g/mol. The van der Waals surface area contributed by atoms with Crippen molar-refractivity contribution >= 4 is 50.0 Å². The molecule has 0 radical (unpaired) electrons. The lowest BCUT2D eigenvalue weighted by molar-refractivity contribution is 0.102. The Hall–Kier alpha value is -1.91. The minimum atomic E-state index is -0.255. The minimum absolute atomic E-state index is 0.255. The van der Waals surface area contributed by atoms with Crippen LogP contribution in [-0.2, 0) is 0 Å². The molecule has 3 rings (SSSR count). The molecule has 3 aromatic rings. The molecular weight excluding hydrogens is 352 g/mol. The molecule has 0 aliphatic carbocycles. The SMILES string of the molecule is O=C(Nc1ccc(Br)c2cccnc12)c1ccccc1Cl. The molecule has 0 aliphatic heterocycles. The summed E-state index contributed by atoms with van der Waals surface area (Å²) in [5.41, 5.74) is 1.82. The molecule has 3 nitrogen and oxygen atoms in total. The number of aromatic nitrogens is 1. The standard InChI is InChI=1S/C16H10BrClN2O/c17-12-7-8-14(15-10(12)5-3-9-19-15)20-16(21)11-4-1-2-6-13(11)18/h1-9H,(H,20,21). The van der Waals surface area contributed by atoms with Crippen molar-refractivity contribution in [3.63, 3.8) is 0 Å². The smallest absolute Gasteiger partial charge is 0.257 e. The molecule has 104 valence electrons. The highest BCUT2D eigenvalue weighted by Gasteiger charge is 2.12. The number of carbonyl (C=O) groups excluding carboxylic acids is 1. The number of carbonyl (C=O) groups is 1. The van der Waals surface area contributed by atoms with Gasteiger partial charge in [-0.25, -0.2) is 0 Å².